The predicted molar refractivity (Wildman–Crippen MR) is 89.1 cm³/mol. The lowest BCUT2D eigenvalue weighted by Crippen LogP contribution is -2.52. The van der Waals surface area contributed by atoms with Crippen LogP contribution in [0.2, 0.25) is 0 Å². The minimum atomic E-state index is 0.0631. The van der Waals surface area contributed by atoms with Gasteiger partial charge in [0.2, 0.25) is 11.8 Å². The molecule has 0 unspecified atom stereocenters. The van der Waals surface area contributed by atoms with Crippen LogP contribution in [0, 0.1) is 5.92 Å². The zero-order valence-corrected chi connectivity index (χ0v) is 14.4. The highest BCUT2D eigenvalue weighted by atomic mass is 16.5. The number of methoxy groups -OCH3 is 1. The normalized spacial score (nSPS) is 20.5. The maximum atomic E-state index is 12.5. The smallest absolute Gasteiger partial charge is 0.234 e. The summed E-state index contributed by atoms with van der Waals surface area (Å²) < 4.78 is 4.96. The van der Waals surface area contributed by atoms with E-state index in [1.165, 1.54) is 19.3 Å². The summed E-state index contributed by atoms with van der Waals surface area (Å²) >= 11 is 0. The highest BCUT2D eigenvalue weighted by Crippen LogP contribution is 2.25. The highest BCUT2D eigenvalue weighted by molar-refractivity contribution is 5.79. The summed E-state index contributed by atoms with van der Waals surface area (Å²) in [6.45, 7) is 4.86. The van der Waals surface area contributed by atoms with Crippen LogP contribution in [0.25, 0.3) is 0 Å². The molecule has 0 bridgehead atoms. The first-order valence-corrected chi connectivity index (χ1v) is 8.97. The van der Waals surface area contributed by atoms with E-state index < -0.39 is 0 Å². The Kier molecular flexibility index (Phi) is 7.82. The molecule has 1 aliphatic carbocycles. The molecule has 1 saturated heterocycles. The van der Waals surface area contributed by atoms with E-state index in [2.05, 4.69) is 10.2 Å². The molecule has 6 nitrogen and oxygen atoms in total. The number of hydrogen-bond acceptors (Lipinski definition) is 4. The fourth-order valence-corrected chi connectivity index (χ4v) is 3.44. The molecule has 0 radical (unpaired) electrons. The zero-order chi connectivity index (χ0) is 16.5. The number of rotatable bonds is 7. The summed E-state index contributed by atoms with van der Waals surface area (Å²) in [5.74, 6) is 0.654. The van der Waals surface area contributed by atoms with E-state index in [4.69, 9.17) is 4.74 Å². The van der Waals surface area contributed by atoms with Gasteiger partial charge < -0.3 is 15.0 Å². The second kappa shape index (κ2) is 9.88. The van der Waals surface area contributed by atoms with Crippen LogP contribution in [0.4, 0.5) is 0 Å². The van der Waals surface area contributed by atoms with Crippen molar-refractivity contribution in [3.63, 3.8) is 0 Å². The minimum Gasteiger partial charge on any atom is -0.385 e. The Hall–Kier alpha value is -1.14. The molecule has 2 rings (SSSR count). The number of nitrogens with one attached hydrogen (secondary N) is 1. The van der Waals surface area contributed by atoms with E-state index in [1.54, 1.807) is 7.11 Å². The van der Waals surface area contributed by atoms with Gasteiger partial charge in [0.1, 0.15) is 0 Å². The number of nitrogens with zero attached hydrogens (tertiary/aromatic N) is 2. The standard InChI is InChI=1S/C17H31N3O3/c1-23-13-5-8-18-16(21)14-19-9-11-20(12-10-19)17(22)15-6-3-2-4-7-15/h15H,2-14H2,1H3,(H,18,21). The second-order valence-corrected chi connectivity index (χ2v) is 6.63. The average Bonchev–Trinajstić information content (AvgIpc) is 2.59. The Morgan fingerprint density at radius 2 is 1.78 bits per heavy atom. The van der Waals surface area contributed by atoms with Crippen molar-refractivity contribution >= 4 is 11.8 Å². The molecule has 0 atom stereocenters. The molecule has 2 fully saturated rings. The largest absolute Gasteiger partial charge is 0.385 e. The summed E-state index contributed by atoms with van der Waals surface area (Å²) in [4.78, 5) is 28.5. The first kappa shape index (κ1) is 18.2. The van der Waals surface area contributed by atoms with Crippen LogP contribution in [0.3, 0.4) is 0 Å². The van der Waals surface area contributed by atoms with Crippen molar-refractivity contribution in [3.8, 4) is 0 Å². The maximum Gasteiger partial charge on any atom is 0.234 e. The van der Waals surface area contributed by atoms with E-state index in [-0.39, 0.29) is 11.8 Å². The van der Waals surface area contributed by atoms with Gasteiger partial charge in [-0.3, -0.25) is 14.5 Å². The van der Waals surface area contributed by atoms with Crippen LogP contribution < -0.4 is 5.32 Å². The number of amides is 2. The summed E-state index contributed by atoms with van der Waals surface area (Å²) in [6, 6.07) is 0. The Bertz CT molecular complexity index is 375. The quantitative estimate of drug-likeness (QED) is 0.706. The average molecular weight is 325 g/mol. The number of carbonyl (C=O) groups excluding carboxylic acids is 2. The molecule has 2 aliphatic rings. The van der Waals surface area contributed by atoms with E-state index >= 15 is 0 Å². The van der Waals surface area contributed by atoms with Crippen molar-refractivity contribution in [2.45, 2.75) is 38.5 Å². The molecular weight excluding hydrogens is 294 g/mol. The van der Waals surface area contributed by atoms with Crippen molar-refractivity contribution < 1.29 is 14.3 Å². The summed E-state index contributed by atoms with van der Waals surface area (Å²) in [7, 11) is 1.66. The van der Waals surface area contributed by atoms with Crippen LogP contribution in [-0.2, 0) is 14.3 Å². The molecule has 0 spiro atoms. The maximum absolute atomic E-state index is 12.5. The molecule has 6 heteroatoms. The Morgan fingerprint density at radius 1 is 1.09 bits per heavy atom. The predicted octanol–water partition coefficient (Wildman–Crippen LogP) is 0.864. The lowest BCUT2D eigenvalue weighted by atomic mass is 9.88. The topological polar surface area (TPSA) is 61.9 Å². The summed E-state index contributed by atoms with van der Waals surface area (Å²) in [5, 5.41) is 2.91. The minimum absolute atomic E-state index is 0.0631. The molecule has 23 heavy (non-hydrogen) atoms. The monoisotopic (exact) mass is 325 g/mol. The van der Waals surface area contributed by atoms with E-state index in [0.717, 1.165) is 45.4 Å². The van der Waals surface area contributed by atoms with Gasteiger partial charge in [0.15, 0.2) is 0 Å². The fourth-order valence-electron chi connectivity index (χ4n) is 3.44. The van der Waals surface area contributed by atoms with Gasteiger partial charge in [-0.15, -0.1) is 0 Å². The number of piperazine rings is 1. The van der Waals surface area contributed by atoms with Crippen LogP contribution in [0.1, 0.15) is 38.5 Å². The van der Waals surface area contributed by atoms with Crippen molar-refractivity contribution in [1.29, 1.82) is 0 Å². The van der Waals surface area contributed by atoms with Gasteiger partial charge in [-0.2, -0.15) is 0 Å². The lowest BCUT2D eigenvalue weighted by molar-refractivity contribution is -0.138. The molecule has 1 saturated carbocycles. The van der Waals surface area contributed by atoms with Gasteiger partial charge >= 0.3 is 0 Å². The van der Waals surface area contributed by atoms with Crippen molar-refractivity contribution in [1.82, 2.24) is 15.1 Å². The van der Waals surface area contributed by atoms with E-state index in [0.29, 0.717) is 25.6 Å². The molecule has 1 N–H and O–H groups in total. The summed E-state index contributed by atoms with van der Waals surface area (Å²) in [5.41, 5.74) is 0. The molecule has 0 aromatic heterocycles. The van der Waals surface area contributed by atoms with Crippen molar-refractivity contribution in [2.75, 3.05) is 53.0 Å². The van der Waals surface area contributed by atoms with Gasteiger partial charge in [-0.05, 0) is 19.3 Å². The van der Waals surface area contributed by atoms with Gasteiger partial charge in [0.05, 0.1) is 6.54 Å². The van der Waals surface area contributed by atoms with Crippen LogP contribution in [0.5, 0.6) is 0 Å². The van der Waals surface area contributed by atoms with E-state index in [1.807, 2.05) is 4.90 Å². The van der Waals surface area contributed by atoms with Crippen LogP contribution in [0.15, 0.2) is 0 Å². The zero-order valence-electron chi connectivity index (χ0n) is 14.4. The molecule has 2 amide bonds. The first-order valence-electron chi connectivity index (χ1n) is 8.97. The molecule has 0 aromatic rings. The van der Waals surface area contributed by atoms with Crippen LogP contribution >= 0.6 is 0 Å². The summed E-state index contributed by atoms with van der Waals surface area (Å²) in [6.07, 6.45) is 6.62. The van der Waals surface area contributed by atoms with Gasteiger partial charge in [0.25, 0.3) is 0 Å². The van der Waals surface area contributed by atoms with Crippen molar-refractivity contribution in [2.24, 2.45) is 5.92 Å². The van der Waals surface area contributed by atoms with Crippen LogP contribution in [-0.4, -0.2) is 74.6 Å². The Labute approximate surface area is 139 Å². The Balaban J connectivity index is 1.63. The highest BCUT2D eigenvalue weighted by Gasteiger charge is 2.28. The number of hydrogen-bond donors (Lipinski definition) is 1. The molecule has 0 aromatic carbocycles. The molecule has 1 heterocycles. The van der Waals surface area contributed by atoms with Gasteiger partial charge in [0, 0.05) is 52.4 Å². The third kappa shape index (κ3) is 6.11. The molecular formula is C17H31N3O3. The molecule has 132 valence electrons. The Morgan fingerprint density at radius 3 is 2.43 bits per heavy atom. The first-order chi connectivity index (χ1) is 11.2. The number of ether oxygens (including phenoxy) is 1. The lowest BCUT2D eigenvalue weighted by Gasteiger charge is -2.36. The SMILES string of the molecule is COCCCNC(=O)CN1CCN(C(=O)C2CCCCC2)CC1. The van der Waals surface area contributed by atoms with Gasteiger partial charge in [-0.1, -0.05) is 19.3 Å². The van der Waals surface area contributed by atoms with Gasteiger partial charge in [-0.25, -0.2) is 0 Å². The third-order valence-corrected chi connectivity index (χ3v) is 4.85. The third-order valence-electron chi connectivity index (χ3n) is 4.85. The molecule has 1 aliphatic heterocycles. The number of carbonyl (C=O) groups is 2. The van der Waals surface area contributed by atoms with Crippen molar-refractivity contribution in [3.05, 3.63) is 0 Å². The second-order valence-electron chi connectivity index (χ2n) is 6.63. The fraction of sp³-hybridized carbons (Fsp3) is 0.882. The van der Waals surface area contributed by atoms with E-state index in [9.17, 15) is 9.59 Å².